The van der Waals surface area contributed by atoms with Gasteiger partial charge in [0.25, 0.3) is 0 Å². The molecule has 71 heavy (non-hydrogen) atoms. The van der Waals surface area contributed by atoms with Gasteiger partial charge in [-0.25, -0.2) is 0 Å². The van der Waals surface area contributed by atoms with E-state index >= 15 is 5.21 Å². The third-order valence-electron chi connectivity index (χ3n) is 26.2. The van der Waals surface area contributed by atoms with Crippen molar-refractivity contribution in [1.82, 2.24) is 0 Å². The Morgan fingerprint density at radius 1 is 0.282 bits per heavy atom. The van der Waals surface area contributed by atoms with Gasteiger partial charge in [-0.3, -0.25) is 0 Å². The SMILES string of the molecule is C[N+]1([O-])CC23c4c5c6c7c8c9c(c%10c%11c2c2c4c4c%12c5c5c6c6c8c8c%13c9c9c%10c%10c%11c%11c2c2c4c4c%12c%12c5c5c6c8c6c8c%13c9c9c%10c%10c%11c2c2c4c4c%12c5c6c5c8c9c%10c2c45)C73C1c1ccccc1. The summed E-state index contributed by atoms with van der Waals surface area (Å²) in [5, 5.41) is 104. The summed E-state index contributed by atoms with van der Waals surface area (Å²) in [5.74, 6) is 0. The lowest BCUT2D eigenvalue weighted by atomic mass is 9.47. The van der Waals surface area contributed by atoms with Crippen molar-refractivity contribution in [3.63, 3.8) is 0 Å². The van der Waals surface area contributed by atoms with Crippen molar-refractivity contribution in [3.8, 4) is 0 Å². The summed E-state index contributed by atoms with van der Waals surface area (Å²) in [6.45, 7) is 0.572. The summed E-state index contributed by atoms with van der Waals surface area (Å²) in [7, 11) is 2.14. The van der Waals surface area contributed by atoms with Crippen LogP contribution in [0.3, 0.4) is 0 Å². The van der Waals surface area contributed by atoms with Gasteiger partial charge in [0.05, 0.1) is 24.4 Å². The molecule has 1 aliphatic heterocycles. The Bertz CT molecular complexity index is 7230. The topological polar surface area (TPSA) is 23.1 Å². The lowest BCUT2D eigenvalue weighted by molar-refractivity contribution is -0.882. The second kappa shape index (κ2) is 5.91. The highest BCUT2D eigenvalue weighted by molar-refractivity contribution is 6.82. The molecular weight excluding hydrogens is 859 g/mol. The molecule has 1 saturated heterocycles. The quantitative estimate of drug-likeness (QED) is 0.0916. The standard InChI is InChI=1S/C69H11NO/c1-70(71)7-68-63-55-47-37-27-19-11-9-10-13-17-15(11)23-31-25(17)35-29-21(13)22-14(10)18-16-12(9)20(19)28-34-24(16)32-26(18)36-30(22)40-39(29)51-45(35)53-43(31)49(41(47)33(23)27)57(63)59(53)65-61(51)62-52(40)46(36)54-44(32)50-42(34)48(38(28)37)56(55)64(68)58(50)60(54)66(62)69(65,68)67(70)8-5-3-2-4-6-8/h2-6,67H,7H2,1H3. The summed E-state index contributed by atoms with van der Waals surface area (Å²) in [6, 6.07) is 11.2. The molecule has 34 rings (SSSR count). The van der Waals surface area contributed by atoms with Crippen molar-refractivity contribution in [2.24, 2.45) is 0 Å². The first-order chi connectivity index (χ1) is 35.2. The zero-order valence-corrected chi connectivity index (χ0v) is 36.5. The van der Waals surface area contributed by atoms with Crippen LogP contribution in [0, 0.1) is 5.21 Å². The summed E-state index contributed by atoms with van der Waals surface area (Å²) in [6.07, 6.45) is 0. The number of nitrogens with zero attached hydrogens (tertiary/aromatic N) is 1. The fourth-order valence-corrected chi connectivity index (χ4v) is 26.4. The summed E-state index contributed by atoms with van der Waals surface area (Å²) in [5.41, 5.74) is 6.51. The molecule has 1 heterocycles. The van der Waals surface area contributed by atoms with Crippen molar-refractivity contribution in [1.29, 1.82) is 0 Å². The van der Waals surface area contributed by atoms with Gasteiger partial charge in [-0.05, 0) is 313 Å². The maximum atomic E-state index is 17.3. The van der Waals surface area contributed by atoms with Crippen LogP contribution in [0.25, 0.3) is 291 Å². The van der Waals surface area contributed by atoms with Crippen molar-refractivity contribution < 1.29 is 4.65 Å². The number of likely N-dealkylation sites (tertiary alicyclic amines) is 1. The maximum absolute atomic E-state index is 17.3. The van der Waals surface area contributed by atoms with Crippen LogP contribution < -0.4 is 0 Å². The predicted octanol–water partition coefficient (Wildman–Crippen LogP) is 18.0. The highest BCUT2D eigenvalue weighted by Crippen LogP contribution is 2.87. The van der Waals surface area contributed by atoms with E-state index in [1.54, 1.807) is 313 Å². The zero-order chi connectivity index (χ0) is 42.4. The van der Waals surface area contributed by atoms with Crippen molar-refractivity contribution in [3.05, 3.63) is 63.4 Å². The molecule has 29 aromatic carbocycles. The molecule has 2 atom stereocenters. The summed E-state index contributed by atoms with van der Waals surface area (Å²) in [4.78, 5) is 0. The second-order valence-corrected chi connectivity index (χ2v) is 26.6. The van der Waals surface area contributed by atoms with Crippen LogP contribution in [0.4, 0.5) is 0 Å². The van der Waals surface area contributed by atoms with Crippen LogP contribution in [-0.4, -0.2) is 18.2 Å². The molecule has 0 radical (unpaired) electrons. The average molecular weight is 870 g/mol. The Hall–Kier alpha value is -8.40. The van der Waals surface area contributed by atoms with E-state index in [1.807, 2.05) is 0 Å². The lowest BCUT2D eigenvalue weighted by Crippen LogP contribution is -2.52. The molecule has 2 unspecified atom stereocenters. The summed E-state index contributed by atoms with van der Waals surface area (Å²) >= 11 is 0. The molecule has 2 spiro atoms. The molecule has 298 valence electrons. The van der Waals surface area contributed by atoms with Crippen molar-refractivity contribution >= 4 is 291 Å². The molecule has 1 fully saturated rings. The molecule has 4 aliphatic carbocycles. The van der Waals surface area contributed by atoms with Gasteiger partial charge in [0, 0.05) is 5.56 Å². The number of hydroxylamine groups is 3. The van der Waals surface area contributed by atoms with Gasteiger partial charge in [-0.15, -0.1) is 0 Å². The monoisotopic (exact) mass is 869 g/mol. The normalized spacial score (nSPS) is 25.6. The zero-order valence-electron chi connectivity index (χ0n) is 36.5. The maximum Gasteiger partial charge on any atom is 0.130 e. The van der Waals surface area contributed by atoms with Gasteiger partial charge in [0.2, 0.25) is 0 Å². The second-order valence-electron chi connectivity index (χ2n) is 26.6. The first-order valence-electron chi connectivity index (χ1n) is 26.5. The number of hydrogen-bond donors (Lipinski definition) is 0. The van der Waals surface area contributed by atoms with Gasteiger partial charge in [0.1, 0.15) is 6.04 Å². The molecule has 2 heteroatoms. The summed E-state index contributed by atoms with van der Waals surface area (Å²) < 4.78 is -0.262. The van der Waals surface area contributed by atoms with E-state index in [1.165, 1.54) is 5.56 Å². The van der Waals surface area contributed by atoms with Gasteiger partial charge >= 0.3 is 0 Å². The molecule has 0 saturated carbocycles. The largest absolute Gasteiger partial charge is 0.632 e. The Morgan fingerprint density at radius 2 is 0.465 bits per heavy atom. The third-order valence-corrected chi connectivity index (χ3v) is 26.2. The number of quaternary nitrogens is 1. The van der Waals surface area contributed by atoms with Gasteiger partial charge in [-0.2, -0.15) is 0 Å². The molecule has 0 bridgehead atoms. The Labute approximate surface area is 387 Å². The Kier molecular flexibility index (Phi) is 2.21. The lowest BCUT2D eigenvalue weighted by Gasteiger charge is -2.50. The van der Waals surface area contributed by atoms with E-state index in [0.717, 1.165) is 0 Å². The molecule has 2 nitrogen and oxygen atoms in total. The molecule has 0 N–H and O–H groups in total. The van der Waals surface area contributed by atoms with Gasteiger partial charge in [0.15, 0.2) is 0 Å². The van der Waals surface area contributed by atoms with Gasteiger partial charge < -0.3 is 9.85 Å². The number of likely N-dealkylation sites (N-methyl/N-ethyl adjacent to an activating group) is 1. The number of rotatable bonds is 1. The van der Waals surface area contributed by atoms with E-state index < -0.39 is 10.8 Å². The van der Waals surface area contributed by atoms with E-state index in [-0.39, 0.29) is 10.7 Å². The van der Waals surface area contributed by atoms with Crippen LogP contribution in [0.15, 0.2) is 30.3 Å². The first-order valence-corrected chi connectivity index (χ1v) is 26.5. The van der Waals surface area contributed by atoms with Gasteiger partial charge in [-0.1, -0.05) is 30.3 Å². The fourth-order valence-electron chi connectivity index (χ4n) is 26.4. The van der Waals surface area contributed by atoms with Crippen LogP contribution in [0.5, 0.6) is 0 Å². The molecule has 0 aromatic heterocycles. The minimum Gasteiger partial charge on any atom is -0.632 e. The molecular formula is C69H11NO. The van der Waals surface area contributed by atoms with Crippen LogP contribution in [0.1, 0.15) is 33.9 Å². The number of benzene rings is 19. The average Bonchev–Trinajstić information content (AvgIpc) is 4.40. The Morgan fingerprint density at radius 3 is 0.676 bits per heavy atom. The van der Waals surface area contributed by atoms with Crippen LogP contribution >= 0.6 is 0 Å². The molecule has 29 aromatic rings. The van der Waals surface area contributed by atoms with E-state index in [9.17, 15) is 0 Å². The van der Waals surface area contributed by atoms with Crippen molar-refractivity contribution in [2.75, 3.05) is 13.6 Å². The molecule has 0 amide bonds. The highest BCUT2D eigenvalue weighted by atomic mass is 16.5. The first kappa shape index (κ1) is 26.5. The molecule has 5 aliphatic rings. The van der Waals surface area contributed by atoms with E-state index in [0.29, 0.717) is 6.54 Å². The van der Waals surface area contributed by atoms with E-state index in [4.69, 9.17) is 0 Å². The van der Waals surface area contributed by atoms with Crippen LogP contribution in [-0.2, 0) is 10.8 Å². The highest BCUT2D eigenvalue weighted by Gasteiger charge is 2.79. The van der Waals surface area contributed by atoms with Crippen LogP contribution in [0.2, 0.25) is 0 Å². The predicted molar refractivity (Wildman–Crippen MR) is 297 cm³/mol. The third kappa shape index (κ3) is 1.41. The van der Waals surface area contributed by atoms with Crippen molar-refractivity contribution in [2.45, 2.75) is 16.9 Å². The minimum atomic E-state index is -0.587. The number of hydrogen-bond acceptors (Lipinski definition) is 1. The van der Waals surface area contributed by atoms with E-state index in [2.05, 4.69) is 37.4 Å². The fraction of sp³-hybridized carbons (Fsp3) is 0.0725. The smallest absolute Gasteiger partial charge is 0.130 e. The Balaban J connectivity index is 1.19. The minimum absolute atomic E-state index is 0.262.